The number of esters is 1. The molecule has 3 aromatic rings. The number of rotatable bonds is 4. The molecule has 5 nitrogen and oxygen atoms in total. The van der Waals surface area contributed by atoms with E-state index in [1.54, 1.807) is 24.3 Å². The molecule has 164 valence electrons. The summed E-state index contributed by atoms with van der Waals surface area (Å²) >= 11 is 4.69. The molecular formula is C24H20BrNO4S2. The average molecular weight is 530 g/mol. The van der Waals surface area contributed by atoms with Crippen molar-refractivity contribution in [2.24, 2.45) is 0 Å². The van der Waals surface area contributed by atoms with Crippen molar-refractivity contribution in [3.63, 3.8) is 0 Å². The van der Waals surface area contributed by atoms with Crippen molar-refractivity contribution in [3.05, 3.63) is 105 Å². The first-order valence-electron chi connectivity index (χ1n) is 9.74. The molecule has 0 amide bonds. The lowest BCUT2D eigenvalue weighted by Crippen LogP contribution is -2.31. The Bertz CT molecular complexity index is 1300. The molecule has 0 bridgehead atoms. The Balaban J connectivity index is 2.01. The molecule has 1 atom stereocenters. The van der Waals surface area contributed by atoms with Gasteiger partial charge in [-0.15, -0.1) is 0 Å². The maximum Gasteiger partial charge on any atom is 0.346 e. The lowest BCUT2D eigenvalue weighted by molar-refractivity contribution is -0.135. The largest absolute Gasteiger partial charge is 0.465 e. The molecule has 1 heterocycles. The van der Waals surface area contributed by atoms with Crippen molar-refractivity contribution < 1.29 is 17.9 Å². The van der Waals surface area contributed by atoms with Gasteiger partial charge in [0.25, 0.3) is 10.0 Å². The van der Waals surface area contributed by atoms with Crippen LogP contribution in [0.3, 0.4) is 0 Å². The number of halogens is 1. The van der Waals surface area contributed by atoms with E-state index in [1.165, 1.54) is 29.4 Å². The molecule has 0 spiro atoms. The number of benzene rings is 3. The first-order valence-corrected chi connectivity index (χ1v) is 12.8. The number of carbonyl (C=O) groups excluding carboxylic acids is 1. The van der Waals surface area contributed by atoms with E-state index in [-0.39, 0.29) is 9.80 Å². The molecule has 0 N–H and O–H groups in total. The Hall–Kier alpha value is -2.55. The molecule has 0 radical (unpaired) electrons. The zero-order chi connectivity index (χ0) is 22.9. The fourth-order valence-corrected chi connectivity index (χ4v) is 6.49. The number of aryl methyl sites for hydroxylation is 1. The van der Waals surface area contributed by atoms with Crippen molar-refractivity contribution in [2.75, 3.05) is 7.11 Å². The summed E-state index contributed by atoms with van der Waals surface area (Å²) < 4.78 is 34.8. The molecule has 0 saturated heterocycles. The summed E-state index contributed by atoms with van der Waals surface area (Å²) in [5.74, 6) is -0.594. The van der Waals surface area contributed by atoms with Gasteiger partial charge in [-0.1, -0.05) is 75.7 Å². The smallest absolute Gasteiger partial charge is 0.346 e. The molecule has 1 aliphatic rings. The molecule has 1 aliphatic heterocycles. The van der Waals surface area contributed by atoms with Crippen LogP contribution in [0.5, 0.6) is 0 Å². The number of hydrogen-bond donors (Lipinski definition) is 0. The number of nitrogens with zero attached hydrogens (tertiary/aromatic N) is 1. The van der Waals surface area contributed by atoms with Gasteiger partial charge in [-0.2, -0.15) is 0 Å². The first-order chi connectivity index (χ1) is 15.3. The second kappa shape index (κ2) is 9.13. The molecular weight excluding hydrogens is 510 g/mol. The predicted octanol–water partition coefficient (Wildman–Crippen LogP) is 5.66. The van der Waals surface area contributed by atoms with E-state index in [0.29, 0.717) is 0 Å². The molecule has 0 aliphatic carbocycles. The van der Waals surface area contributed by atoms with Crippen molar-refractivity contribution >= 4 is 43.7 Å². The summed E-state index contributed by atoms with van der Waals surface area (Å²) in [6.45, 7) is 1.90. The fraction of sp³-hybridized carbons (Fsp3) is 0.125. The normalized spacial score (nSPS) is 16.0. The summed E-state index contributed by atoms with van der Waals surface area (Å²) in [5, 5.41) is 0. The van der Waals surface area contributed by atoms with Crippen LogP contribution in [0.25, 0.3) is 0 Å². The van der Waals surface area contributed by atoms with Crippen LogP contribution < -0.4 is 0 Å². The van der Waals surface area contributed by atoms with Gasteiger partial charge >= 0.3 is 5.97 Å². The topological polar surface area (TPSA) is 63.7 Å². The summed E-state index contributed by atoms with van der Waals surface area (Å²) in [4.78, 5) is 13.7. The van der Waals surface area contributed by atoms with E-state index in [1.807, 2.05) is 55.5 Å². The number of carbonyl (C=O) groups is 1. The van der Waals surface area contributed by atoms with Gasteiger partial charge in [-0.3, -0.25) is 4.31 Å². The van der Waals surface area contributed by atoms with Gasteiger partial charge in [0, 0.05) is 15.6 Å². The second-order valence-corrected chi connectivity index (χ2v) is 11.1. The Labute approximate surface area is 200 Å². The Morgan fingerprint density at radius 3 is 2.44 bits per heavy atom. The number of methoxy groups -OCH3 is 1. The highest BCUT2D eigenvalue weighted by Gasteiger charge is 2.36. The number of thioether (sulfide) groups is 1. The van der Waals surface area contributed by atoms with E-state index in [4.69, 9.17) is 4.74 Å². The maximum atomic E-state index is 13.9. The lowest BCUT2D eigenvalue weighted by atomic mass is 9.99. The standard InChI is InChI=1S/C24H20BrNO4S2/c1-16-10-12-19(13-11-16)32(28,29)26-15-22(24(27)30-2)31-21-9-4-3-8-20(21)23(26)17-6-5-7-18(25)14-17/h3-15,23H,1-2H3/t23-/m1/s1. The summed E-state index contributed by atoms with van der Waals surface area (Å²) in [5.41, 5.74) is 2.50. The Morgan fingerprint density at radius 2 is 1.75 bits per heavy atom. The average Bonchev–Trinajstić information content (AvgIpc) is 2.96. The van der Waals surface area contributed by atoms with Crippen LogP contribution in [-0.2, 0) is 19.6 Å². The molecule has 0 saturated carbocycles. The van der Waals surface area contributed by atoms with Gasteiger partial charge in [-0.25, -0.2) is 13.2 Å². The van der Waals surface area contributed by atoms with E-state index in [0.717, 1.165) is 26.1 Å². The number of hydrogen-bond acceptors (Lipinski definition) is 5. The minimum Gasteiger partial charge on any atom is -0.465 e. The fourth-order valence-electron chi connectivity index (χ4n) is 3.51. The molecule has 0 fully saturated rings. The SMILES string of the molecule is COC(=O)C1=CN(S(=O)(=O)c2ccc(C)cc2)[C@H](c2cccc(Br)c2)c2ccccc2S1. The highest BCUT2D eigenvalue weighted by Crippen LogP contribution is 2.44. The van der Waals surface area contributed by atoms with Crippen molar-refractivity contribution in [3.8, 4) is 0 Å². The van der Waals surface area contributed by atoms with Crippen LogP contribution in [0.1, 0.15) is 22.7 Å². The molecule has 32 heavy (non-hydrogen) atoms. The van der Waals surface area contributed by atoms with E-state index < -0.39 is 22.0 Å². The van der Waals surface area contributed by atoms with Gasteiger partial charge in [0.1, 0.15) is 4.91 Å². The zero-order valence-corrected chi connectivity index (χ0v) is 20.6. The van der Waals surface area contributed by atoms with Gasteiger partial charge in [0.2, 0.25) is 0 Å². The Morgan fingerprint density at radius 1 is 1.03 bits per heavy atom. The number of sulfonamides is 1. The summed E-state index contributed by atoms with van der Waals surface area (Å²) in [6.07, 6.45) is 1.39. The highest BCUT2D eigenvalue weighted by atomic mass is 79.9. The van der Waals surface area contributed by atoms with E-state index in [9.17, 15) is 13.2 Å². The monoisotopic (exact) mass is 529 g/mol. The van der Waals surface area contributed by atoms with Crippen LogP contribution in [0.15, 0.2) is 98.2 Å². The quantitative estimate of drug-likeness (QED) is 0.408. The summed E-state index contributed by atoms with van der Waals surface area (Å²) in [7, 11) is -2.73. The number of ether oxygens (including phenoxy) is 1. The minimum atomic E-state index is -4.01. The number of fused-ring (bicyclic) bond motifs is 1. The van der Waals surface area contributed by atoms with E-state index in [2.05, 4.69) is 15.9 Å². The summed E-state index contributed by atoms with van der Waals surface area (Å²) in [6, 6.07) is 21.0. The maximum absolute atomic E-state index is 13.9. The van der Waals surface area contributed by atoms with Crippen molar-refractivity contribution in [1.82, 2.24) is 4.31 Å². The van der Waals surface area contributed by atoms with Crippen LogP contribution in [0.2, 0.25) is 0 Å². The van der Waals surface area contributed by atoms with Crippen LogP contribution >= 0.6 is 27.7 Å². The lowest BCUT2D eigenvalue weighted by Gasteiger charge is -2.30. The third-order valence-electron chi connectivity index (χ3n) is 5.08. The molecule has 3 aromatic carbocycles. The molecule has 0 unspecified atom stereocenters. The van der Waals surface area contributed by atoms with Crippen molar-refractivity contribution in [2.45, 2.75) is 22.8 Å². The second-order valence-electron chi connectivity index (χ2n) is 7.23. The van der Waals surface area contributed by atoms with Crippen LogP contribution in [0, 0.1) is 6.92 Å². The minimum absolute atomic E-state index is 0.146. The van der Waals surface area contributed by atoms with Crippen LogP contribution in [-0.4, -0.2) is 25.8 Å². The molecule has 0 aromatic heterocycles. The third-order valence-corrected chi connectivity index (χ3v) is 8.40. The third kappa shape index (κ3) is 4.35. The zero-order valence-electron chi connectivity index (χ0n) is 17.4. The Kier molecular flexibility index (Phi) is 6.46. The predicted molar refractivity (Wildman–Crippen MR) is 129 cm³/mol. The van der Waals surface area contributed by atoms with Gasteiger partial charge in [0.15, 0.2) is 0 Å². The van der Waals surface area contributed by atoms with Gasteiger partial charge in [-0.05, 0) is 48.4 Å². The van der Waals surface area contributed by atoms with Crippen LogP contribution in [0.4, 0.5) is 0 Å². The highest BCUT2D eigenvalue weighted by molar-refractivity contribution is 9.10. The van der Waals surface area contributed by atoms with Gasteiger partial charge in [0.05, 0.1) is 18.0 Å². The first kappa shape index (κ1) is 22.6. The molecule has 4 rings (SSSR count). The van der Waals surface area contributed by atoms with Crippen molar-refractivity contribution in [1.29, 1.82) is 0 Å². The van der Waals surface area contributed by atoms with Gasteiger partial charge < -0.3 is 4.74 Å². The van der Waals surface area contributed by atoms with E-state index >= 15 is 0 Å². The molecule has 8 heteroatoms.